The third-order valence-electron chi connectivity index (χ3n) is 2.40. The quantitative estimate of drug-likeness (QED) is 0.775. The summed E-state index contributed by atoms with van der Waals surface area (Å²) in [7, 11) is -4.49. The SMILES string of the molecule is CCC1SCC(C(=O)O)N1S(=O)(=O)NCC(F)(F)F. The fourth-order valence-corrected chi connectivity index (χ4v) is 4.91. The van der Waals surface area contributed by atoms with Crippen molar-refractivity contribution >= 4 is 27.9 Å². The van der Waals surface area contributed by atoms with Crippen molar-refractivity contribution in [3.63, 3.8) is 0 Å². The van der Waals surface area contributed by atoms with E-state index in [2.05, 4.69) is 0 Å². The number of hydrogen-bond acceptors (Lipinski definition) is 4. The first-order valence-electron chi connectivity index (χ1n) is 5.27. The van der Waals surface area contributed by atoms with E-state index >= 15 is 0 Å². The minimum atomic E-state index is -4.69. The molecule has 0 aromatic rings. The van der Waals surface area contributed by atoms with Gasteiger partial charge in [-0.15, -0.1) is 11.8 Å². The first kappa shape index (κ1) is 16.5. The molecule has 1 fully saturated rings. The molecular formula is C8H13F3N2O4S2. The Morgan fingerprint density at radius 1 is 1.53 bits per heavy atom. The summed E-state index contributed by atoms with van der Waals surface area (Å²) in [6.45, 7) is -0.0898. The number of thioether (sulfide) groups is 1. The van der Waals surface area contributed by atoms with Gasteiger partial charge < -0.3 is 5.11 Å². The van der Waals surface area contributed by atoms with Gasteiger partial charge in [0.15, 0.2) is 0 Å². The molecule has 0 spiro atoms. The van der Waals surface area contributed by atoms with Crippen molar-refractivity contribution < 1.29 is 31.5 Å². The Morgan fingerprint density at radius 2 is 2.11 bits per heavy atom. The topological polar surface area (TPSA) is 86.7 Å². The normalized spacial score (nSPS) is 25.7. The second-order valence-electron chi connectivity index (χ2n) is 3.82. The molecule has 0 aliphatic carbocycles. The average Bonchev–Trinajstić information content (AvgIpc) is 2.70. The maximum atomic E-state index is 12.0. The van der Waals surface area contributed by atoms with Gasteiger partial charge in [0, 0.05) is 5.75 Å². The van der Waals surface area contributed by atoms with Crippen LogP contribution in [0.1, 0.15) is 13.3 Å². The molecule has 1 saturated heterocycles. The van der Waals surface area contributed by atoms with Crippen LogP contribution in [0.3, 0.4) is 0 Å². The summed E-state index contributed by atoms with van der Waals surface area (Å²) in [5, 5.41) is 8.24. The van der Waals surface area contributed by atoms with Crippen LogP contribution >= 0.6 is 11.8 Å². The number of carboxylic acid groups (broad SMARTS) is 1. The standard InChI is InChI=1S/C8H13F3N2O4S2/c1-2-6-13(5(3-18-6)7(14)15)19(16,17)12-4-8(9,10)11/h5-6,12H,2-4H2,1H3,(H,14,15). The molecule has 0 bridgehead atoms. The van der Waals surface area contributed by atoms with Gasteiger partial charge in [-0.1, -0.05) is 6.92 Å². The Hall–Kier alpha value is -0.520. The van der Waals surface area contributed by atoms with Gasteiger partial charge in [-0.3, -0.25) is 4.79 Å². The fraction of sp³-hybridized carbons (Fsp3) is 0.875. The second-order valence-corrected chi connectivity index (χ2v) is 6.69. The lowest BCUT2D eigenvalue weighted by Gasteiger charge is -2.26. The molecule has 0 aromatic carbocycles. The minimum Gasteiger partial charge on any atom is -0.480 e. The highest BCUT2D eigenvalue weighted by atomic mass is 32.2. The van der Waals surface area contributed by atoms with E-state index in [1.54, 1.807) is 6.92 Å². The second kappa shape index (κ2) is 5.85. The molecule has 0 saturated carbocycles. The Bertz CT molecular complexity index is 440. The summed E-state index contributed by atoms with van der Waals surface area (Å²) in [6, 6.07) is -1.35. The number of nitrogens with one attached hydrogen (secondary N) is 1. The van der Waals surface area contributed by atoms with E-state index < -0.39 is 40.3 Å². The van der Waals surface area contributed by atoms with Gasteiger partial charge in [0.1, 0.15) is 12.6 Å². The zero-order chi connectivity index (χ0) is 14.8. The smallest absolute Gasteiger partial charge is 0.402 e. The minimum absolute atomic E-state index is 0.0147. The van der Waals surface area contributed by atoms with Crippen LogP contribution in [0.4, 0.5) is 13.2 Å². The van der Waals surface area contributed by atoms with Crippen molar-refractivity contribution in [2.45, 2.75) is 30.9 Å². The predicted molar refractivity (Wildman–Crippen MR) is 62.8 cm³/mol. The molecule has 1 heterocycles. The maximum absolute atomic E-state index is 12.0. The van der Waals surface area contributed by atoms with Gasteiger partial charge in [0.25, 0.3) is 10.2 Å². The van der Waals surface area contributed by atoms with E-state index in [-0.39, 0.29) is 5.75 Å². The van der Waals surface area contributed by atoms with Gasteiger partial charge >= 0.3 is 12.1 Å². The van der Waals surface area contributed by atoms with E-state index in [0.717, 1.165) is 11.8 Å². The fourth-order valence-electron chi connectivity index (χ4n) is 1.60. The van der Waals surface area contributed by atoms with Crippen LogP contribution < -0.4 is 4.72 Å². The number of aliphatic carboxylic acids is 1. The summed E-state index contributed by atoms with van der Waals surface area (Å²) >= 11 is 1.09. The zero-order valence-electron chi connectivity index (χ0n) is 9.85. The van der Waals surface area contributed by atoms with Gasteiger partial charge in [0.05, 0.1) is 5.37 Å². The third-order valence-corrected chi connectivity index (χ3v) is 5.56. The molecule has 1 rings (SSSR count). The van der Waals surface area contributed by atoms with Gasteiger partial charge in [-0.2, -0.15) is 30.6 Å². The van der Waals surface area contributed by atoms with Crippen LogP contribution in [-0.2, 0) is 15.0 Å². The van der Waals surface area contributed by atoms with Crippen molar-refractivity contribution in [1.29, 1.82) is 0 Å². The summed E-state index contributed by atoms with van der Waals surface area (Å²) in [5.41, 5.74) is 0. The van der Waals surface area contributed by atoms with Crippen LogP contribution in [0.15, 0.2) is 0 Å². The van der Waals surface area contributed by atoms with E-state index in [4.69, 9.17) is 5.11 Å². The molecule has 11 heteroatoms. The lowest BCUT2D eigenvalue weighted by Crippen LogP contribution is -2.51. The Labute approximate surface area is 112 Å². The molecule has 112 valence electrons. The van der Waals surface area contributed by atoms with E-state index in [1.807, 2.05) is 0 Å². The summed E-state index contributed by atoms with van der Waals surface area (Å²) in [4.78, 5) is 11.0. The molecule has 2 N–H and O–H groups in total. The molecule has 19 heavy (non-hydrogen) atoms. The number of carboxylic acids is 1. The van der Waals surface area contributed by atoms with Crippen LogP contribution in [0.25, 0.3) is 0 Å². The van der Waals surface area contributed by atoms with Gasteiger partial charge in [-0.05, 0) is 6.42 Å². The Balaban J connectivity index is 2.91. The van der Waals surface area contributed by atoms with Crippen LogP contribution in [-0.4, -0.2) is 53.7 Å². The van der Waals surface area contributed by atoms with Crippen LogP contribution in [0.5, 0.6) is 0 Å². The summed E-state index contributed by atoms with van der Waals surface area (Å²) in [5.74, 6) is -1.36. The summed E-state index contributed by atoms with van der Waals surface area (Å²) < 4.78 is 61.7. The highest BCUT2D eigenvalue weighted by molar-refractivity contribution is 8.01. The highest BCUT2D eigenvalue weighted by Gasteiger charge is 2.46. The van der Waals surface area contributed by atoms with Crippen LogP contribution in [0.2, 0.25) is 0 Å². The lowest BCUT2D eigenvalue weighted by atomic mass is 10.3. The Morgan fingerprint density at radius 3 is 2.53 bits per heavy atom. The summed E-state index contributed by atoms with van der Waals surface area (Å²) in [6.07, 6.45) is -4.39. The average molecular weight is 322 g/mol. The Kier molecular flexibility index (Phi) is 5.09. The van der Waals surface area contributed by atoms with E-state index in [0.29, 0.717) is 10.7 Å². The van der Waals surface area contributed by atoms with Crippen LogP contribution in [0, 0.1) is 0 Å². The molecule has 0 amide bonds. The van der Waals surface area contributed by atoms with Gasteiger partial charge in [0.2, 0.25) is 0 Å². The van der Waals surface area contributed by atoms with Crippen molar-refractivity contribution in [1.82, 2.24) is 9.03 Å². The molecular weight excluding hydrogens is 309 g/mol. The van der Waals surface area contributed by atoms with E-state index in [1.165, 1.54) is 4.72 Å². The number of hydrogen-bond donors (Lipinski definition) is 2. The molecule has 2 atom stereocenters. The predicted octanol–water partition coefficient (Wildman–Crippen LogP) is 0.621. The van der Waals surface area contributed by atoms with Crippen molar-refractivity contribution in [2.24, 2.45) is 0 Å². The monoisotopic (exact) mass is 322 g/mol. The number of carbonyl (C=O) groups is 1. The molecule has 1 aliphatic rings. The number of nitrogens with zero attached hydrogens (tertiary/aromatic N) is 1. The third kappa shape index (κ3) is 4.23. The first-order chi connectivity index (χ1) is 8.58. The number of halogens is 3. The first-order valence-corrected chi connectivity index (χ1v) is 7.76. The van der Waals surface area contributed by atoms with Crippen molar-refractivity contribution in [3.05, 3.63) is 0 Å². The highest BCUT2D eigenvalue weighted by Crippen LogP contribution is 2.33. The molecule has 1 aliphatic heterocycles. The zero-order valence-corrected chi connectivity index (χ0v) is 11.5. The van der Waals surface area contributed by atoms with Crippen molar-refractivity contribution in [2.75, 3.05) is 12.3 Å². The molecule has 2 unspecified atom stereocenters. The van der Waals surface area contributed by atoms with Gasteiger partial charge in [-0.25, -0.2) is 0 Å². The lowest BCUT2D eigenvalue weighted by molar-refractivity contribution is -0.140. The molecule has 0 aromatic heterocycles. The maximum Gasteiger partial charge on any atom is 0.402 e. The number of rotatable bonds is 5. The molecule has 6 nitrogen and oxygen atoms in total. The van der Waals surface area contributed by atoms with Crippen molar-refractivity contribution in [3.8, 4) is 0 Å². The number of alkyl halides is 3. The molecule has 0 radical (unpaired) electrons. The largest absolute Gasteiger partial charge is 0.480 e. The van der Waals surface area contributed by atoms with E-state index in [9.17, 15) is 26.4 Å².